The van der Waals surface area contributed by atoms with Crippen molar-refractivity contribution in [2.75, 3.05) is 0 Å². The molecule has 1 amide bonds. The summed E-state index contributed by atoms with van der Waals surface area (Å²) in [6, 6.07) is -0.561. The van der Waals surface area contributed by atoms with E-state index >= 15 is 0 Å². The van der Waals surface area contributed by atoms with E-state index in [-0.39, 0.29) is 5.70 Å². The van der Waals surface area contributed by atoms with Gasteiger partial charge in [-0.1, -0.05) is 6.58 Å². The van der Waals surface area contributed by atoms with Crippen molar-refractivity contribution < 1.29 is 14.7 Å². The summed E-state index contributed by atoms with van der Waals surface area (Å²) in [5, 5.41) is 10.3. The van der Waals surface area contributed by atoms with E-state index < -0.39 is 12.1 Å². The van der Waals surface area contributed by atoms with Gasteiger partial charge in [0, 0.05) is 0 Å². The van der Waals surface area contributed by atoms with Crippen molar-refractivity contribution in [3.63, 3.8) is 0 Å². The minimum atomic E-state index is -1.18. The Bertz CT molecular complexity index is 218. The van der Waals surface area contributed by atoms with Crippen LogP contribution in [0.25, 0.3) is 0 Å². The number of hydrogen-bond acceptors (Lipinski definition) is 3. The first kappa shape index (κ1) is 9.39. The number of nitrogens with one attached hydrogen (secondary N) is 1. The largest absolute Gasteiger partial charge is 0.465 e. The van der Waals surface area contributed by atoms with Crippen LogP contribution >= 0.6 is 0 Å². The van der Waals surface area contributed by atoms with Crippen LogP contribution in [-0.4, -0.2) is 23.3 Å². The molecule has 60 valence electrons. The van der Waals surface area contributed by atoms with Gasteiger partial charge in [0.05, 0.1) is 11.7 Å². The van der Waals surface area contributed by atoms with Gasteiger partial charge in [0.1, 0.15) is 0 Å². The third kappa shape index (κ3) is 3.89. The van der Waals surface area contributed by atoms with Crippen LogP contribution in [0.4, 0.5) is 4.79 Å². The van der Waals surface area contributed by atoms with E-state index in [9.17, 15) is 9.59 Å². The second-order valence-corrected chi connectivity index (χ2v) is 1.87. The molecule has 11 heavy (non-hydrogen) atoms. The van der Waals surface area contributed by atoms with Crippen LogP contribution in [0.1, 0.15) is 6.92 Å². The van der Waals surface area contributed by atoms with Crippen molar-refractivity contribution in [3.8, 4) is 0 Å². The molecule has 1 atom stereocenters. The lowest BCUT2D eigenvalue weighted by molar-refractivity contribution is 0.192. The van der Waals surface area contributed by atoms with Crippen LogP contribution in [0.2, 0.25) is 0 Å². The smallest absolute Gasteiger partial charge is 0.405 e. The molecule has 2 N–H and O–H groups in total. The average molecular weight is 156 g/mol. The van der Waals surface area contributed by atoms with E-state index in [0.29, 0.717) is 0 Å². The van der Waals surface area contributed by atoms with Gasteiger partial charge in [-0.2, -0.15) is 4.99 Å². The monoisotopic (exact) mass is 156 g/mol. The molecule has 0 saturated heterocycles. The first-order valence-electron chi connectivity index (χ1n) is 2.84. The standard InChI is InChI=1S/C6H8N2O3/c1-4(7-3-9)5(2)8-6(10)11/h5,8H,1H2,2H3,(H,10,11). The maximum Gasteiger partial charge on any atom is 0.405 e. The molecular weight excluding hydrogens is 148 g/mol. The minimum Gasteiger partial charge on any atom is -0.465 e. The summed E-state index contributed by atoms with van der Waals surface area (Å²) in [6.45, 7) is 4.87. The molecule has 1 unspecified atom stereocenters. The van der Waals surface area contributed by atoms with Crippen molar-refractivity contribution in [3.05, 3.63) is 12.3 Å². The van der Waals surface area contributed by atoms with Crippen LogP contribution in [0, 0.1) is 0 Å². The van der Waals surface area contributed by atoms with Crippen molar-refractivity contribution in [1.29, 1.82) is 0 Å². The van der Waals surface area contributed by atoms with Crippen molar-refractivity contribution in [2.24, 2.45) is 4.99 Å². The quantitative estimate of drug-likeness (QED) is 0.461. The average Bonchev–Trinajstić information content (AvgIpc) is 1.86. The highest BCUT2D eigenvalue weighted by atomic mass is 16.4. The highest BCUT2D eigenvalue weighted by Gasteiger charge is 2.07. The number of isocyanates is 1. The summed E-state index contributed by atoms with van der Waals surface area (Å²) in [7, 11) is 0. The molecule has 0 aliphatic carbocycles. The summed E-state index contributed by atoms with van der Waals surface area (Å²) in [6.07, 6.45) is 0.0834. The molecule has 0 aromatic heterocycles. The fraction of sp³-hybridized carbons (Fsp3) is 0.333. The number of hydrogen-bond donors (Lipinski definition) is 2. The summed E-state index contributed by atoms with van der Waals surface area (Å²) in [4.78, 5) is 22.9. The predicted molar refractivity (Wildman–Crippen MR) is 37.9 cm³/mol. The Kier molecular flexibility index (Phi) is 3.62. The van der Waals surface area contributed by atoms with Gasteiger partial charge < -0.3 is 10.4 Å². The molecule has 0 aliphatic heterocycles. The zero-order valence-electron chi connectivity index (χ0n) is 6.00. The van der Waals surface area contributed by atoms with Gasteiger partial charge >= 0.3 is 6.09 Å². The zero-order chi connectivity index (χ0) is 8.85. The van der Waals surface area contributed by atoms with Crippen molar-refractivity contribution in [2.45, 2.75) is 13.0 Å². The number of nitrogens with zero attached hydrogens (tertiary/aromatic N) is 1. The van der Waals surface area contributed by atoms with Gasteiger partial charge in [-0.3, -0.25) is 0 Å². The molecule has 5 nitrogen and oxygen atoms in total. The summed E-state index contributed by atoms with van der Waals surface area (Å²) < 4.78 is 0. The first-order valence-corrected chi connectivity index (χ1v) is 2.84. The van der Waals surface area contributed by atoms with E-state index in [1.807, 2.05) is 0 Å². The van der Waals surface area contributed by atoms with Crippen LogP contribution in [0.5, 0.6) is 0 Å². The van der Waals surface area contributed by atoms with Crippen LogP contribution in [0.15, 0.2) is 17.3 Å². The second-order valence-electron chi connectivity index (χ2n) is 1.87. The van der Waals surface area contributed by atoms with Gasteiger partial charge in [-0.15, -0.1) is 0 Å². The predicted octanol–water partition coefficient (Wildman–Crippen LogP) is 0.492. The van der Waals surface area contributed by atoms with Crippen LogP contribution in [-0.2, 0) is 4.79 Å². The lowest BCUT2D eigenvalue weighted by Crippen LogP contribution is -2.31. The van der Waals surface area contributed by atoms with Gasteiger partial charge in [0.15, 0.2) is 0 Å². The number of carboxylic acid groups (broad SMARTS) is 1. The summed E-state index contributed by atoms with van der Waals surface area (Å²) in [5.74, 6) is 0. The van der Waals surface area contributed by atoms with E-state index in [0.717, 1.165) is 0 Å². The Hall–Kier alpha value is -1.61. The van der Waals surface area contributed by atoms with Crippen molar-refractivity contribution in [1.82, 2.24) is 5.32 Å². The Morgan fingerprint density at radius 2 is 2.36 bits per heavy atom. The van der Waals surface area contributed by atoms with Gasteiger partial charge in [-0.05, 0) is 6.92 Å². The minimum absolute atomic E-state index is 0.141. The summed E-state index contributed by atoms with van der Waals surface area (Å²) in [5.41, 5.74) is 0.141. The lowest BCUT2D eigenvalue weighted by atomic mass is 10.3. The molecule has 0 rings (SSSR count). The number of rotatable bonds is 3. The number of amides is 1. The second kappa shape index (κ2) is 4.24. The molecule has 0 spiro atoms. The third-order valence-corrected chi connectivity index (χ3v) is 1.03. The van der Waals surface area contributed by atoms with Crippen LogP contribution < -0.4 is 5.32 Å². The van der Waals surface area contributed by atoms with Gasteiger partial charge in [-0.25, -0.2) is 9.59 Å². The normalized spacial score (nSPS) is 11.0. The Morgan fingerprint density at radius 1 is 1.82 bits per heavy atom. The Balaban J connectivity index is 4.02. The lowest BCUT2D eigenvalue weighted by Gasteiger charge is -2.07. The molecule has 0 aliphatic rings. The Morgan fingerprint density at radius 3 is 2.73 bits per heavy atom. The molecule has 0 radical (unpaired) electrons. The molecule has 0 aromatic carbocycles. The third-order valence-electron chi connectivity index (χ3n) is 1.03. The molecular formula is C6H8N2O3. The Labute approximate surface area is 63.4 Å². The molecule has 0 aromatic rings. The number of carbonyl (C=O) groups is 1. The SMILES string of the molecule is C=C(N=C=O)C(C)NC(=O)O. The molecule has 0 saturated carbocycles. The van der Waals surface area contributed by atoms with Gasteiger partial charge in [0.25, 0.3) is 0 Å². The topological polar surface area (TPSA) is 78.8 Å². The molecule has 0 heterocycles. The molecule has 0 bridgehead atoms. The maximum atomic E-state index is 10.0. The number of aliphatic imine (C=N–C) groups is 1. The van der Waals surface area contributed by atoms with E-state index in [1.54, 1.807) is 0 Å². The van der Waals surface area contributed by atoms with E-state index in [1.165, 1.54) is 13.0 Å². The van der Waals surface area contributed by atoms with Crippen molar-refractivity contribution >= 4 is 12.2 Å². The maximum absolute atomic E-state index is 10.0. The van der Waals surface area contributed by atoms with Crippen LogP contribution in [0.3, 0.4) is 0 Å². The fourth-order valence-electron chi connectivity index (χ4n) is 0.424. The highest BCUT2D eigenvalue weighted by Crippen LogP contribution is 1.97. The van der Waals surface area contributed by atoms with Gasteiger partial charge in [0.2, 0.25) is 6.08 Å². The zero-order valence-corrected chi connectivity index (χ0v) is 6.00. The fourth-order valence-corrected chi connectivity index (χ4v) is 0.424. The first-order chi connectivity index (χ1) is 5.07. The van der Waals surface area contributed by atoms with E-state index in [4.69, 9.17) is 5.11 Å². The molecule has 5 heteroatoms. The number of carbonyl (C=O) groups excluding carboxylic acids is 1. The summed E-state index contributed by atoms with van der Waals surface area (Å²) >= 11 is 0. The molecule has 0 fully saturated rings. The van der Waals surface area contributed by atoms with E-state index in [2.05, 4.69) is 16.9 Å². The highest BCUT2D eigenvalue weighted by molar-refractivity contribution is 5.65.